The van der Waals surface area contributed by atoms with Crippen molar-refractivity contribution in [2.24, 2.45) is 17.8 Å². The van der Waals surface area contributed by atoms with Gasteiger partial charge in [-0.1, -0.05) is 44.4 Å². The largest absolute Gasteiger partial charge is 0.346 e. The van der Waals surface area contributed by atoms with Crippen LogP contribution in [0.3, 0.4) is 0 Å². The van der Waals surface area contributed by atoms with Crippen LogP contribution in [-0.4, -0.2) is 6.10 Å². The Hall–Kier alpha value is -0.940. The molecule has 0 aliphatic heterocycles. The Kier molecular flexibility index (Phi) is 9.36. The molecule has 2 fully saturated rings. The molecule has 136 valence electrons. The van der Waals surface area contributed by atoms with Crippen LogP contribution < -0.4 is 0 Å². The Morgan fingerprint density at radius 2 is 1.50 bits per heavy atom. The average molecular weight is 333 g/mol. The molecule has 0 bridgehead atoms. The standard InChI is InChI=1S/C22H36O2/c1-3-5-6-7-19-8-10-20(11-9-19)12-13-21-14-16-22(17-15-21)24-23-18-4-2/h4,18-22H,3,5-11,14-17H2,1-2H3/b18-4-. The van der Waals surface area contributed by atoms with Crippen LogP contribution in [0.1, 0.15) is 90.9 Å². The number of unbranched alkanes of at least 4 members (excludes halogenated alkanes) is 2. The summed E-state index contributed by atoms with van der Waals surface area (Å²) in [6.45, 7) is 4.22. The zero-order valence-electron chi connectivity index (χ0n) is 15.8. The fourth-order valence-corrected chi connectivity index (χ4v) is 3.98. The molecule has 0 saturated heterocycles. The summed E-state index contributed by atoms with van der Waals surface area (Å²) in [6.07, 6.45) is 19.3. The van der Waals surface area contributed by atoms with Crippen molar-refractivity contribution in [3.8, 4) is 11.8 Å². The van der Waals surface area contributed by atoms with E-state index in [-0.39, 0.29) is 6.10 Å². The highest BCUT2D eigenvalue weighted by Gasteiger charge is 2.22. The first kappa shape index (κ1) is 19.4. The van der Waals surface area contributed by atoms with Gasteiger partial charge in [0, 0.05) is 11.8 Å². The molecule has 2 rings (SSSR count). The lowest BCUT2D eigenvalue weighted by atomic mass is 9.79. The van der Waals surface area contributed by atoms with Crippen LogP contribution in [0.5, 0.6) is 0 Å². The van der Waals surface area contributed by atoms with Gasteiger partial charge in [-0.15, -0.1) is 0 Å². The molecule has 2 nitrogen and oxygen atoms in total. The summed E-state index contributed by atoms with van der Waals surface area (Å²) in [5.41, 5.74) is 0. The van der Waals surface area contributed by atoms with E-state index in [1.165, 1.54) is 51.4 Å². The Balaban J connectivity index is 1.60. The third kappa shape index (κ3) is 7.31. The lowest BCUT2D eigenvalue weighted by Crippen LogP contribution is -2.20. The SMILES string of the molecule is C/C=C\OOC1CCC(C#CC2CCC(CCCCC)CC2)CC1. The number of rotatable bonds is 7. The Morgan fingerprint density at radius 1 is 0.875 bits per heavy atom. The van der Waals surface area contributed by atoms with Crippen molar-refractivity contribution >= 4 is 0 Å². The molecule has 2 aliphatic rings. The van der Waals surface area contributed by atoms with Gasteiger partial charge in [0.2, 0.25) is 0 Å². The van der Waals surface area contributed by atoms with Crippen molar-refractivity contribution < 1.29 is 9.78 Å². The molecule has 0 N–H and O–H groups in total. The molecule has 2 saturated carbocycles. The van der Waals surface area contributed by atoms with Crippen LogP contribution in [0.25, 0.3) is 0 Å². The van der Waals surface area contributed by atoms with E-state index in [0.717, 1.165) is 31.6 Å². The summed E-state index contributed by atoms with van der Waals surface area (Å²) in [6, 6.07) is 0. The summed E-state index contributed by atoms with van der Waals surface area (Å²) < 4.78 is 0. The Bertz CT molecular complexity index is 401. The maximum absolute atomic E-state index is 5.38. The highest BCUT2D eigenvalue weighted by molar-refractivity contribution is 5.09. The van der Waals surface area contributed by atoms with E-state index in [2.05, 4.69) is 18.8 Å². The Labute approximate surface area is 149 Å². The monoisotopic (exact) mass is 332 g/mol. The van der Waals surface area contributed by atoms with Crippen LogP contribution in [0.2, 0.25) is 0 Å². The zero-order chi connectivity index (χ0) is 17.0. The van der Waals surface area contributed by atoms with E-state index in [4.69, 9.17) is 9.78 Å². The van der Waals surface area contributed by atoms with Crippen molar-refractivity contribution in [3.05, 3.63) is 12.3 Å². The second kappa shape index (κ2) is 11.6. The van der Waals surface area contributed by atoms with Crippen LogP contribution in [0, 0.1) is 29.6 Å². The predicted molar refractivity (Wildman–Crippen MR) is 100 cm³/mol. The van der Waals surface area contributed by atoms with Crippen molar-refractivity contribution in [3.63, 3.8) is 0 Å². The van der Waals surface area contributed by atoms with E-state index in [9.17, 15) is 0 Å². The lowest BCUT2D eigenvalue weighted by molar-refractivity contribution is -0.289. The second-order valence-corrected chi connectivity index (χ2v) is 7.64. The van der Waals surface area contributed by atoms with Gasteiger partial charge in [0.25, 0.3) is 0 Å². The van der Waals surface area contributed by atoms with E-state index < -0.39 is 0 Å². The number of hydrogen-bond donors (Lipinski definition) is 0. The van der Waals surface area contributed by atoms with Gasteiger partial charge in [0.05, 0.1) is 0 Å². The first-order chi connectivity index (χ1) is 11.8. The maximum atomic E-state index is 5.38. The van der Waals surface area contributed by atoms with Gasteiger partial charge < -0.3 is 4.89 Å². The minimum atomic E-state index is 0.248. The molecule has 0 heterocycles. The van der Waals surface area contributed by atoms with Crippen molar-refractivity contribution in [2.45, 2.75) is 97.0 Å². The lowest BCUT2D eigenvalue weighted by Gasteiger charge is -2.26. The first-order valence-electron chi connectivity index (χ1n) is 10.3. The van der Waals surface area contributed by atoms with Gasteiger partial charge in [0.1, 0.15) is 12.4 Å². The highest BCUT2D eigenvalue weighted by Crippen LogP contribution is 2.32. The van der Waals surface area contributed by atoms with Crippen LogP contribution >= 0.6 is 0 Å². The van der Waals surface area contributed by atoms with Crippen molar-refractivity contribution in [1.82, 2.24) is 0 Å². The van der Waals surface area contributed by atoms with Gasteiger partial charge >= 0.3 is 0 Å². The summed E-state index contributed by atoms with van der Waals surface area (Å²) in [4.78, 5) is 10.4. The number of hydrogen-bond acceptors (Lipinski definition) is 2. The minimum Gasteiger partial charge on any atom is -0.346 e. The summed E-state index contributed by atoms with van der Waals surface area (Å²) >= 11 is 0. The molecule has 0 aromatic rings. The predicted octanol–water partition coefficient (Wildman–Crippen LogP) is 6.42. The van der Waals surface area contributed by atoms with Crippen molar-refractivity contribution in [1.29, 1.82) is 0 Å². The average Bonchev–Trinajstić information content (AvgIpc) is 2.63. The quantitative estimate of drug-likeness (QED) is 0.176. The fourth-order valence-electron chi connectivity index (χ4n) is 3.98. The van der Waals surface area contributed by atoms with Gasteiger partial charge in [-0.2, -0.15) is 4.89 Å². The van der Waals surface area contributed by atoms with Crippen LogP contribution in [0.4, 0.5) is 0 Å². The smallest absolute Gasteiger partial charge is 0.125 e. The van der Waals surface area contributed by atoms with Crippen LogP contribution in [-0.2, 0) is 9.78 Å². The number of allylic oxidation sites excluding steroid dienone is 1. The molecule has 0 amide bonds. The molecule has 2 heteroatoms. The van der Waals surface area contributed by atoms with Gasteiger partial charge in [-0.05, 0) is 70.3 Å². The second-order valence-electron chi connectivity index (χ2n) is 7.64. The molecule has 0 atom stereocenters. The summed E-state index contributed by atoms with van der Waals surface area (Å²) in [5, 5.41) is 0. The van der Waals surface area contributed by atoms with Crippen molar-refractivity contribution in [2.75, 3.05) is 0 Å². The summed E-state index contributed by atoms with van der Waals surface area (Å²) in [7, 11) is 0. The van der Waals surface area contributed by atoms with Crippen LogP contribution in [0.15, 0.2) is 12.3 Å². The van der Waals surface area contributed by atoms with E-state index in [1.807, 2.05) is 13.0 Å². The van der Waals surface area contributed by atoms with E-state index in [0.29, 0.717) is 11.8 Å². The van der Waals surface area contributed by atoms with Gasteiger partial charge in [0.15, 0.2) is 0 Å². The maximum Gasteiger partial charge on any atom is 0.125 e. The molecule has 0 aromatic heterocycles. The Morgan fingerprint density at radius 3 is 2.08 bits per heavy atom. The normalized spacial score (nSPS) is 30.8. The zero-order valence-corrected chi connectivity index (χ0v) is 15.8. The molecule has 2 aliphatic carbocycles. The third-order valence-corrected chi connectivity index (χ3v) is 5.61. The van der Waals surface area contributed by atoms with E-state index >= 15 is 0 Å². The minimum absolute atomic E-state index is 0.248. The van der Waals surface area contributed by atoms with E-state index in [1.54, 1.807) is 6.26 Å². The molecule has 0 unspecified atom stereocenters. The molecule has 24 heavy (non-hydrogen) atoms. The molecular formula is C22H36O2. The first-order valence-corrected chi connectivity index (χ1v) is 10.3. The molecular weight excluding hydrogens is 296 g/mol. The third-order valence-electron chi connectivity index (χ3n) is 5.61. The van der Waals surface area contributed by atoms with Gasteiger partial charge in [-0.3, -0.25) is 0 Å². The highest BCUT2D eigenvalue weighted by atomic mass is 17.2. The fraction of sp³-hybridized carbons (Fsp3) is 0.818. The molecule has 0 radical (unpaired) electrons. The van der Waals surface area contributed by atoms with Gasteiger partial charge in [-0.25, -0.2) is 0 Å². The molecule has 0 spiro atoms. The topological polar surface area (TPSA) is 18.5 Å². The molecule has 0 aromatic carbocycles. The summed E-state index contributed by atoms with van der Waals surface area (Å²) in [5.74, 6) is 9.43.